The number of rotatable bonds is 7. The molecule has 1 aliphatic rings. The molecule has 0 aliphatic heterocycles. The number of amides is 1. The summed E-state index contributed by atoms with van der Waals surface area (Å²) < 4.78 is 0. The molecule has 1 aliphatic carbocycles. The smallest absolute Gasteiger partial charge is 0.220 e. The Morgan fingerprint density at radius 1 is 1.29 bits per heavy atom. The van der Waals surface area contributed by atoms with Crippen LogP contribution in [-0.2, 0) is 4.79 Å². The normalized spacial score (nSPS) is 16.4. The molecular weight excluding hydrogens is 176 g/mol. The van der Waals surface area contributed by atoms with Crippen LogP contribution < -0.4 is 11.1 Å². The molecule has 14 heavy (non-hydrogen) atoms. The first-order chi connectivity index (χ1) is 6.83. The van der Waals surface area contributed by atoms with Crippen molar-refractivity contribution in [2.45, 2.75) is 44.9 Å². The summed E-state index contributed by atoms with van der Waals surface area (Å²) in [4.78, 5) is 11.3. The van der Waals surface area contributed by atoms with Crippen molar-refractivity contribution in [1.82, 2.24) is 5.32 Å². The van der Waals surface area contributed by atoms with E-state index in [-0.39, 0.29) is 5.91 Å². The molecule has 1 fully saturated rings. The van der Waals surface area contributed by atoms with Gasteiger partial charge in [-0.05, 0) is 38.1 Å². The van der Waals surface area contributed by atoms with Gasteiger partial charge in [-0.1, -0.05) is 12.8 Å². The summed E-state index contributed by atoms with van der Waals surface area (Å²) >= 11 is 0. The van der Waals surface area contributed by atoms with Gasteiger partial charge in [0.1, 0.15) is 0 Å². The number of nitrogens with one attached hydrogen (secondary N) is 1. The molecule has 0 spiro atoms. The van der Waals surface area contributed by atoms with Crippen LogP contribution in [0.3, 0.4) is 0 Å². The van der Waals surface area contributed by atoms with Crippen LogP contribution >= 0.6 is 0 Å². The van der Waals surface area contributed by atoms with Crippen molar-refractivity contribution in [3.05, 3.63) is 0 Å². The van der Waals surface area contributed by atoms with Crippen LogP contribution in [0.4, 0.5) is 0 Å². The fourth-order valence-electron chi connectivity index (χ4n) is 1.71. The summed E-state index contributed by atoms with van der Waals surface area (Å²) in [6.45, 7) is 1.58. The predicted molar refractivity (Wildman–Crippen MR) is 57.9 cm³/mol. The molecule has 0 saturated heterocycles. The van der Waals surface area contributed by atoms with Gasteiger partial charge in [0.05, 0.1) is 0 Å². The van der Waals surface area contributed by atoms with Gasteiger partial charge in [-0.25, -0.2) is 0 Å². The van der Waals surface area contributed by atoms with Gasteiger partial charge in [-0.15, -0.1) is 0 Å². The number of unbranched alkanes of at least 4 members (excludes halogenated alkanes) is 2. The standard InChI is InChI=1S/C11H22N2O/c12-7-2-1-3-8-13-11(14)9-10-5-4-6-10/h10H,1-9,12H2,(H,13,14). The van der Waals surface area contributed by atoms with Gasteiger partial charge in [-0.2, -0.15) is 0 Å². The van der Waals surface area contributed by atoms with E-state index >= 15 is 0 Å². The zero-order valence-electron chi connectivity index (χ0n) is 8.93. The Balaban J connectivity index is 1.87. The Labute approximate surface area is 86.4 Å². The van der Waals surface area contributed by atoms with Crippen LogP contribution in [0.15, 0.2) is 0 Å². The Kier molecular flexibility index (Phi) is 5.60. The second-order valence-corrected chi connectivity index (χ2v) is 4.20. The summed E-state index contributed by atoms with van der Waals surface area (Å²) in [6, 6.07) is 0. The van der Waals surface area contributed by atoms with Crippen molar-refractivity contribution in [3.8, 4) is 0 Å². The second-order valence-electron chi connectivity index (χ2n) is 4.20. The molecule has 1 rings (SSSR count). The molecule has 82 valence electrons. The molecule has 0 atom stereocenters. The fraction of sp³-hybridized carbons (Fsp3) is 0.909. The van der Waals surface area contributed by atoms with Crippen molar-refractivity contribution in [2.75, 3.05) is 13.1 Å². The number of hydrogen-bond acceptors (Lipinski definition) is 2. The molecule has 0 heterocycles. The van der Waals surface area contributed by atoms with Gasteiger partial charge in [0, 0.05) is 13.0 Å². The Morgan fingerprint density at radius 3 is 2.64 bits per heavy atom. The van der Waals surface area contributed by atoms with Crippen LogP contribution in [0.25, 0.3) is 0 Å². The number of carbonyl (C=O) groups is 1. The van der Waals surface area contributed by atoms with E-state index in [4.69, 9.17) is 5.73 Å². The van der Waals surface area contributed by atoms with Gasteiger partial charge in [0.15, 0.2) is 0 Å². The molecule has 3 N–H and O–H groups in total. The molecule has 0 unspecified atom stereocenters. The van der Waals surface area contributed by atoms with Crippen molar-refractivity contribution in [2.24, 2.45) is 11.7 Å². The van der Waals surface area contributed by atoms with E-state index in [1.165, 1.54) is 19.3 Å². The second kappa shape index (κ2) is 6.82. The molecule has 3 nitrogen and oxygen atoms in total. The Morgan fingerprint density at radius 2 is 2.07 bits per heavy atom. The first-order valence-corrected chi connectivity index (χ1v) is 5.79. The molecule has 1 amide bonds. The van der Waals surface area contributed by atoms with E-state index in [1.807, 2.05) is 0 Å². The molecule has 0 bridgehead atoms. The number of nitrogens with two attached hydrogens (primary N) is 1. The zero-order chi connectivity index (χ0) is 10.2. The molecular formula is C11H22N2O. The van der Waals surface area contributed by atoms with E-state index in [9.17, 15) is 4.79 Å². The van der Waals surface area contributed by atoms with Gasteiger partial charge in [0.2, 0.25) is 5.91 Å². The summed E-state index contributed by atoms with van der Waals surface area (Å²) in [5, 5.41) is 2.96. The third kappa shape index (κ3) is 4.61. The largest absolute Gasteiger partial charge is 0.356 e. The van der Waals surface area contributed by atoms with Crippen LogP contribution in [0.1, 0.15) is 44.9 Å². The highest BCUT2D eigenvalue weighted by molar-refractivity contribution is 5.76. The lowest BCUT2D eigenvalue weighted by Gasteiger charge is -2.24. The molecule has 0 radical (unpaired) electrons. The first-order valence-electron chi connectivity index (χ1n) is 5.79. The highest BCUT2D eigenvalue weighted by Crippen LogP contribution is 2.28. The molecule has 3 heteroatoms. The SMILES string of the molecule is NCCCCCNC(=O)CC1CCC1. The van der Waals surface area contributed by atoms with Crippen molar-refractivity contribution >= 4 is 5.91 Å². The summed E-state index contributed by atoms with van der Waals surface area (Å²) in [5.74, 6) is 0.918. The Bertz CT molecular complexity index is 167. The van der Waals surface area contributed by atoms with E-state index in [0.717, 1.165) is 38.8 Å². The summed E-state index contributed by atoms with van der Waals surface area (Å²) in [5.41, 5.74) is 5.37. The lowest BCUT2D eigenvalue weighted by molar-refractivity contribution is -0.122. The van der Waals surface area contributed by atoms with Crippen LogP contribution in [-0.4, -0.2) is 19.0 Å². The monoisotopic (exact) mass is 198 g/mol. The minimum atomic E-state index is 0.238. The van der Waals surface area contributed by atoms with Gasteiger partial charge in [-0.3, -0.25) is 4.79 Å². The van der Waals surface area contributed by atoms with Gasteiger partial charge >= 0.3 is 0 Å². The molecule has 0 aromatic carbocycles. The summed E-state index contributed by atoms with van der Waals surface area (Å²) in [6.07, 6.45) is 7.82. The van der Waals surface area contributed by atoms with E-state index in [0.29, 0.717) is 5.92 Å². The number of carbonyl (C=O) groups excluding carboxylic acids is 1. The average Bonchev–Trinajstić information content (AvgIpc) is 2.11. The molecule has 0 aromatic rings. The average molecular weight is 198 g/mol. The maximum absolute atomic E-state index is 11.3. The third-order valence-corrected chi connectivity index (χ3v) is 2.90. The van der Waals surface area contributed by atoms with Gasteiger partial charge < -0.3 is 11.1 Å². The van der Waals surface area contributed by atoms with Crippen LogP contribution in [0.5, 0.6) is 0 Å². The van der Waals surface area contributed by atoms with Crippen molar-refractivity contribution < 1.29 is 4.79 Å². The quantitative estimate of drug-likeness (QED) is 0.608. The highest BCUT2D eigenvalue weighted by Gasteiger charge is 2.19. The van der Waals surface area contributed by atoms with E-state index in [2.05, 4.69) is 5.32 Å². The van der Waals surface area contributed by atoms with Crippen molar-refractivity contribution in [3.63, 3.8) is 0 Å². The van der Waals surface area contributed by atoms with Crippen LogP contribution in [0, 0.1) is 5.92 Å². The number of hydrogen-bond donors (Lipinski definition) is 2. The van der Waals surface area contributed by atoms with E-state index < -0.39 is 0 Å². The van der Waals surface area contributed by atoms with E-state index in [1.54, 1.807) is 0 Å². The predicted octanol–water partition coefficient (Wildman–Crippen LogP) is 1.42. The highest BCUT2D eigenvalue weighted by atomic mass is 16.1. The molecule has 1 saturated carbocycles. The topological polar surface area (TPSA) is 55.1 Å². The first kappa shape index (κ1) is 11.5. The third-order valence-electron chi connectivity index (χ3n) is 2.90. The lowest BCUT2D eigenvalue weighted by Crippen LogP contribution is -2.28. The minimum absolute atomic E-state index is 0.238. The maximum Gasteiger partial charge on any atom is 0.220 e. The Hall–Kier alpha value is -0.570. The maximum atomic E-state index is 11.3. The lowest BCUT2D eigenvalue weighted by atomic mass is 9.83. The summed E-state index contributed by atoms with van der Waals surface area (Å²) in [7, 11) is 0. The van der Waals surface area contributed by atoms with Gasteiger partial charge in [0.25, 0.3) is 0 Å². The minimum Gasteiger partial charge on any atom is -0.356 e. The van der Waals surface area contributed by atoms with Crippen molar-refractivity contribution in [1.29, 1.82) is 0 Å². The fourth-order valence-corrected chi connectivity index (χ4v) is 1.71. The molecule has 0 aromatic heterocycles. The van der Waals surface area contributed by atoms with Crippen LogP contribution in [0.2, 0.25) is 0 Å². The zero-order valence-corrected chi connectivity index (χ0v) is 8.93.